The van der Waals surface area contributed by atoms with Crippen molar-refractivity contribution in [3.05, 3.63) is 82.5 Å². The molecule has 28 heavy (non-hydrogen) atoms. The summed E-state index contributed by atoms with van der Waals surface area (Å²) in [5.41, 5.74) is 3.58. The molecule has 8 heteroatoms. The number of aromatic nitrogens is 4. The Balaban J connectivity index is 1.66. The molecule has 0 unspecified atom stereocenters. The third-order valence-corrected chi connectivity index (χ3v) is 4.46. The van der Waals surface area contributed by atoms with Crippen LogP contribution in [0.5, 0.6) is 0 Å². The third kappa shape index (κ3) is 3.98. The number of anilines is 2. The van der Waals surface area contributed by atoms with Crippen LogP contribution >= 0.6 is 23.2 Å². The Kier molecular flexibility index (Phi) is 4.98. The molecule has 2 aromatic heterocycles. The van der Waals surface area contributed by atoms with Crippen molar-refractivity contribution >= 4 is 34.8 Å². The first-order valence-electron chi connectivity index (χ1n) is 8.37. The molecule has 0 saturated carbocycles. The molecule has 4 rings (SSSR count). The van der Waals surface area contributed by atoms with E-state index in [2.05, 4.69) is 20.4 Å². The summed E-state index contributed by atoms with van der Waals surface area (Å²) in [6.45, 7) is 1.87. The molecule has 0 amide bonds. The topological polar surface area (TPSA) is 55.6 Å². The zero-order chi connectivity index (χ0) is 19.7. The van der Waals surface area contributed by atoms with E-state index < -0.39 is 0 Å². The molecule has 1 N–H and O–H groups in total. The van der Waals surface area contributed by atoms with Crippen LogP contribution in [0.2, 0.25) is 10.0 Å². The van der Waals surface area contributed by atoms with E-state index >= 15 is 0 Å². The standard InChI is InChI=1S/C20H14Cl2FN5/c1-12-18(11-28(27-12)17-4-2-3-15(23)10-17)19-5-6-24-20(26-19)25-16-8-13(21)7-14(22)9-16/h2-11H,1H3,(H,24,25,26). The van der Waals surface area contributed by atoms with E-state index in [1.54, 1.807) is 47.3 Å². The predicted molar refractivity (Wildman–Crippen MR) is 109 cm³/mol. The fourth-order valence-corrected chi connectivity index (χ4v) is 3.31. The molecule has 5 nitrogen and oxygen atoms in total. The number of aryl methyl sites for hydroxylation is 1. The quantitative estimate of drug-likeness (QED) is 0.457. The smallest absolute Gasteiger partial charge is 0.227 e. The van der Waals surface area contributed by atoms with Crippen molar-refractivity contribution in [1.82, 2.24) is 19.7 Å². The molecule has 0 fully saturated rings. The van der Waals surface area contributed by atoms with Crippen molar-refractivity contribution in [3.63, 3.8) is 0 Å². The summed E-state index contributed by atoms with van der Waals surface area (Å²) in [7, 11) is 0. The summed E-state index contributed by atoms with van der Waals surface area (Å²) >= 11 is 12.1. The van der Waals surface area contributed by atoms with Gasteiger partial charge in [-0.3, -0.25) is 0 Å². The largest absolute Gasteiger partial charge is 0.324 e. The van der Waals surface area contributed by atoms with E-state index in [1.807, 2.05) is 13.1 Å². The number of rotatable bonds is 4. The molecule has 0 aliphatic heterocycles. The van der Waals surface area contributed by atoms with E-state index in [9.17, 15) is 4.39 Å². The second-order valence-electron chi connectivity index (χ2n) is 6.10. The summed E-state index contributed by atoms with van der Waals surface area (Å²) in [6.07, 6.45) is 3.46. The number of hydrogen-bond acceptors (Lipinski definition) is 4. The minimum absolute atomic E-state index is 0.319. The minimum Gasteiger partial charge on any atom is -0.324 e. The zero-order valence-electron chi connectivity index (χ0n) is 14.7. The van der Waals surface area contributed by atoms with Gasteiger partial charge in [0.1, 0.15) is 5.82 Å². The number of benzene rings is 2. The van der Waals surface area contributed by atoms with Gasteiger partial charge in [0.25, 0.3) is 0 Å². The van der Waals surface area contributed by atoms with Gasteiger partial charge in [-0.2, -0.15) is 5.10 Å². The molecule has 0 aliphatic carbocycles. The number of nitrogens with one attached hydrogen (secondary N) is 1. The third-order valence-electron chi connectivity index (χ3n) is 4.02. The predicted octanol–water partition coefficient (Wildman–Crippen LogP) is 5.83. The zero-order valence-corrected chi connectivity index (χ0v) is 16.2. The van der Waals surface area contributed by atoms with Crippen molar-refractivity contribution in [1.29, 1.82) is 0 Å². The monoisotopic (exact) mass is 413 g/mol. The maximum atomic E-state index is 13.5. The fourth-order valence-electron chi connectivity index (χ4n) is 2.79. The van der Waals surface area contributed by atoms with Gasteiger partial charge in [0.15, 0.2) is 0 Å². The van der Waals surface area contributed by atoms with Crippen molar-refractivity contribution in [2.45, 2.75) is 6.92 Å². The highest BCUT2D eigenvalue weighted by atomic mass is 35.5. The Morgan fingerprint density at radius 3 is 2.57 bits per heavy atom. The Bertz CT molecular complexity index is 1140. The van der Waals surface area contributed by atoms with Crippen LogP contribution in [0.1, 0.15) is 5.69 Å². The molecule has 0 radical (unpaired) electrons. The maximum absolute atomic E-state index is 13.5. The van der Waals surface area contributed by atoms with Gasteiger partial charge in [0.2, 0.25) is 5.95 Å². The van der Waals surface area contributed by atoms with Crippen LogP contribution in [-0.2, 0) is 0 Å². The van der Waals surface area contributed by atoms with Crippen LogP contribution in [0, 0.1) is 12.7 Å². The van der Waals surface area contributed by atoms with Crippen molar-refractivity contribution in [2.24, 2.45) is 0 Å². The lowest BCUT2D eigenvalue weighted by molar-refractivity contribution is 0.625. The van der Waals surface area contributed by atoms with Crippen LogP contribution in [0.4, 0.5) is 16.0 Å². The Hall–Kier alpha value is -2.96. The molecule has 4 aromatic rings. The molecule has 0 atom stereocenters. The van der Waals surface area contributed by atoms with E-state index in [1.165, 1.54) is 12.1 Å². The van der Waals surface area contributed by atoms with Crippen LogP contribution < -0.4 is 5.32 Å². The molecule has 0 spiro atoms. The van der Waals surface area contributed by atoms with Gasteiger partial charge in [-0.05, 0) is 49.4 Å². The van der Waals surface area contributed by atoms with E-state index in [4.69, 9.17) is 23.2 Å². The van der Waals surface area contributed by atoms with Gasteiger partial charge < -0.3 is 5.32 Å². The lowest BCUT2D eigenvalue weighted by Gasteiger charge is -2.07. The highest BCUT2D eigenvalue weighted by molar-refractivity contribution is 6.35. The van der Waals surface area contributed by atoms with Gasteiger partial charge >= 0.3 is 0 Å². The van der Waals surface area contributed by atoms with Crippen LogP contribution in [0.15, 0.2) is 60.9 Å². The summed E-state index contributed by atoms with van der Waals surface area (Å²) in [5, 5.41) is 8.59. The van der Waals surface area contributed by atoms with Gasteiger partial charge in [0.05, 0.1) is 17.1 Å². The van der Waals surface area contributed by atoms with Crippen molar-refractivity contribution in [3.8, 4) is 16.9 Å². The van der Waals surface area contributed by atoms with Gasteiger partial charge in [0, 0.05) is 33.7 Å². The summed E-state index contributed by atoms with van der Waals surface area (Å²) < 4.78 is 15.1. The van der Waals surface area contributed by atoms with E-state index in [0.717, 1.165) is 11.3 Å². The van der Waals surface area contributed by atoms with Crippen LogP contribution in [0.25, 0.3) is 16.9 Å². The van der Waals surface area contributed by atoms with Crippen LogP contribution in [-0.4, -0.2) is 19.7 Å². The number of hydrogen-bond donors (Lipinski definition) is 1. The average molecular weight is 414 g/mol. The molecular formula is C20H14Cl2FN5. The molecule has 0 saturated heterocycles. The van der Waals surface area contributed by atoms with Crippen molar-refractivity contribution < 1.29 is 4.39 Å². The van der Waals surface area contributed by atoms with Crippen LogP contribution in [0.3, 0.4) is 0 Å². The van der Waals surface area contributed by atoms with Gasteiger partial charge in [-0.1, -0.05) is 29.3 Å². The summed E-state index contributed by atoms with van der Waals surface area (Å²) in [6, 6.07) is 13.1. The molecular weight excluding hydrogens is 400 g/mol. The first-order chi connectivity index (χ1) is 13.5. The Morgan fingerprint density at radius 1 is 1.04 bits per heavy atom. The molecule has 0 aliphatic rings. The number of halogens is 3. The van der Waals surface area contributed by atoms with Crippen molar-refractivity contribution in [2.75, 3.05) is 5.32 Å². The lowest BCUT2D eigenvalue weighted by atomic mass is 10.2. The van der Waals surface area contributed by atoms with Gasteiger partial charge in [-0.15, -0.1) is 0 Å². The normalized spacial score (nSPS) is 10.9. The first-order valence-corrected chi connectivity index (χ1v) is 9.12. The maximum Gasteiger partial charge on any atom is 0.227 e. The first kappa shape index (κ1) is 18.4. The minimum atomic E-state index is -0.319. The SMILES string of the molecule is Cc1nn(-c2cccc(F)c2)cc1-c1ccnc(Nc2cc(Cl)cc(Cl)c2)n1. The molecule has 140 valence electrons. The molecule has 2 aromatic carbocycles. The van der Waals surface area contributed by atoms with Gasteiger partial charge in [-0.25, -0.2) is 19.0 Å². The second kappa shape index (κ2) is 7.58. The van der Waals surface area contributed by atoms with E-state index in [0.29, 0.717) is 33.1 Å². The molecule has 0 bridgehead atoms. The molecule has 2 heterocycles. The second-order valence-corrected chi connectivity index (χ2v) is 6.97. The lowest BCUT2D eigenvalue weighted by Crippen LogP contribution is -1.98. The van der Waals surface area contributed by atoms with E-state index in [-0.39, 0.29) is 5.82 Å². The Labute approximate surface area is 170 Å². The fraction of sp³-hybridized carbons (Fsp3) is 0.0500. The number of nitrogens with zero attached hydrogens (tertiary/aromatic N) is 4. The highest BCUT2D eigenvalue weighted by Crippen LogP contribution is 2.26. The average Bonchev–Trinajstić information content (AvgIpc) is 3.03. The Morgan fingerprint density at radius 2 is 1.82 bits per heavy atom. The summed E-state index contributed by atoms with van der Waals surface area (Å²) in [4.78, 5) is 8.79. The highest BCUT2D eigenvalue weighted by Gasteiger charge is 2.12. The summed E-state index contributed by atoms with van der Waals surface area (Å²) in [5.74, 6) is 0.0784.